The van der Waals surface area contributed by atoms with Crippen LogP contribution in [0.1, 0.15) is 32.9 Å². The van der Waals surface area contributed by atoms with Crippen molar-refractivity contribution in [3.63, 3.8) is 0 Å². The van der Waals surface area contributed by atoms with Crippen molar-refractivity contribution in [3.05, 3.63) is 48.7 Å². The normalized spacial score (nSPS) is 14.4. The Balaban J connectivity index is 1.35. The van der Waals surface area contributed by atoms with E-state index in [2.05, 4.69) is 67.0 Å². The number of amides is 1. The zero-order chi connectivity index (χ0) is 26.2. The van der Waals surface area contributed by atoms with Crippen molar-refractivity contribution in [1.29, 1.82) is 0 Å². The van der Waals surface area contributed by atoms with Gasteiger partial charge in [-0.05, 0) is 71.1 Å². The van der Waals surface area contributed by atoms with Crippen molar-refractivity contribution in [1.82, 2.24) is 34.3 Å². The Morgan fingerprint density at radius 2 is 2.03 bits per heavy atom. The Bertz CT molecular complexity index is 1460. The van der Waals surface area contributed by atoms with Gasteiger partial charge < -0.3 is 29.4 Å². The molecule has 0 saturated heterocycles. The minimum absolute atomic E-state index is 0.281. The van der Waals surface area contributed by atoms with Crippen LogP contribution in [0.3, 0.4) is 0 Å². The highest BCUT2D eigenvalue weighted by atomic mass is 16.6. The van der Waals surface area contributed by atoms with Crippen LogP contribution in [0.5, 0.6) is 0 Å². The maximum absolute atomic E-state index is 12.4. The third-order valence-corrected chi connectivity index (χ3v) is 6.30. The number of carbonyl (C=O) groups excluding carboxylic acids is 1. The topological polar surface area (TPSA) is 104 Å². The summed E-state index contributed by atoms with van der Waals surface area (Å²) in [7, 11) is 4.13. The number of nitrogens with zero attached hydrogens (tertiary/aromatic N) is 6. The third kappa shape index (κ3) is 5.59. The molecule has 0 aliphatic carbocycles. The van der Waals surface area contributed by atoms with E-state index in [-0.39, 0.29) is 6.09 Å². The summed E-state index contributed by atoms with van der Waals surface area (Å²) in [6.07, 6.45) is 5.97. The average molecular weight is 503 g/mol. The maximum Gasteiger partial charge on any atom is 0.410 e. The summed E-state index contributed by atoms with van der Waals surface area (Å²) in [5.74, 6) is 0.734. The number of H-pyrrole nitrogens is 1. The zero-order valence-electron chi connectivity index (χ0n) is 22.1. The van der Waals surface area contributed by atoms with Gasteiger partial charge >= 0.3 is 6.09 Å². The summed E-state index contributed by atoms with van der Waals surface area (Å²) in [6.45, 7) is 8.56. The Kier molecular flexibility index (Phi) is 6.59. The molecule has 1 aromatic carbocycles. The molecule has 3 aromatic heterocycles. The molecule has 10 heteroatoms. The fourth-order valence-electron chi connectivity index (χ4n) is 4.38. The van der Waals surface area contributed by atoms with Gasteiger partial charge in [-0.25, -0.2) is 19.7 Å². The molecule has 0 spiro atoms. The number of ether oxygens (including phenoxy) is 1. The standard InChI is InChI=1S/C27H34N8O2/c1-27(2,3)37-26(36)34-10-8-18(9-11-34)22-15-20-24(28-16-29-25(20)32-22)31-19-6-7-21-23(14-19)35(17-30-21)13-12-33(4)5/h6-8,14-17H,9-13H2,1-5H3,(H2,28,29,31,32). The van der Waals surface area contributed by atoms with Gasteiger partial charge in [0.05, 0.1) is 22.7 Å². The number of aromatic amines is 1. The minimum Gasteiger partial charge on any atom is -0.444 e. The van der Waals surface area contributed by atoms with Gasteiger partial charge in [0.1, 0.15) is 23.4 Å². The lowest BCUT2D eigenvalue weighted by molar-refractivity contribution is 0.0270. The second-order valence-corrected chi connectivity index (χ2v) is 10.6. The van der Waals surface area contributed by atoms with E-state index in [0.717, 1.165) is 64.3 Å². The molecule has 1 aliphatic heterocycles. The molecule has 0 fully saturated rings. The van der Waals surface area contributed by atoms with E-state index in [1.165, 1.54) is 0 Å². The summed E-state index contributed by atoms with van der Waals surface area (Å²) < 4.78 is 7.67. The van der Waals surface area contributed by atoms with E-state index >= 15 is 0 Å². The van der Waals surface area contributed by atoms with Crippen LogP contribution >= 0.6 is 0 Å². The summed E-state index contributed by atoms with van der Waals surface area (Å²) in [6, 6.07) is 8.22. The molecule has 0 saturated carbocycles. The smallest absolute Gasteiger partial charge is 0.410 e. The van der Waals surface area contributed by atoms with E-state index < -0.39 is 5.60 Å². The number of imidazole rings is 1. The molecule has 1 aliphatic rings. The molecule has 4 aromatic rings. The molecule has 5 rings (SSSR count). The highest BCUT2D eigenvalue weighted by Crippen LogP contribution is 2.30. The summed E-state index contributed by atoms with van der Waals surface area (Å²) >= 11 is 0. The van der Waals surface area contributed by atoms with Gasteiger partial charge in [0.25, 0.3) is 0 Å². The lowest BCUT2D eigenvalue weighted by atomic mass is 10.1. The fourth-order valence-corrected chi connectivity index (χ4v) is 4.38. The first-order valence-electron chi connectivity index (χ1n) is 12.5. The molecule has 37 heavy (non-hydrogen) atoms. The number of aromatic nitrogens is 5. The number of rotatable bonds is 6. The Labute approximate surface area is 216 Å². The molecule has 194 valence electrons. The van der Waals surface area contributed by atoms with Gasteiger partial charge in [-0.15, -0.1) is 0 Å². The highest BCUT2D eigenvalue weighted by Gasteiger charge is 2.24. The highest BCUT2D eigenvalue weighted by molar-refractivity contribution is 5.93. The molecule has 2 N–H and O–H groups in total. The predicted molar refractivity (Wildman–Crippen MR) is 146 cm³/mol. The van der Waals surface area contributed by atoms with E-state index in [1.807, 2.05) is 39.2 Å². The van der Waals surface area contributed by atoms with E-state index in [9.17, 15) is 4.79 Å². The molecular formula is C27H34N8O2. The SMILES string of the molecule is CN(C)CCn1cnc2ccc(Nc3ncnc4[nH]c(C5=CCN(C(=O)OC(C)(C)C)CC5)cc34)cc21. The van der Waals surface area contributed by atoms with Crippen molar-refractivity contribution in [2.75, 3.05) is 39.0 Å². The lowest BCUT2D eigenvalue weighted by Gasteiger charge is -2.29. The van der Waals surface area contributed by atoms with Crippen molar-refractivity contribution >= 4 is 45.2 Å². The number of hydrogen-bond donors (Lipinski definition) is 2. The zero-order valence-corrected chi connectivity index (χ0v) is 22.1. The molecule has 4 heterocycles. The number of carbonyl (C=O) groups is 1. The minimum atomic E-state index is -0.503. The lowest BCUT2D eigenvalue weighted by Crippen LogP contribution is -2.39. The van der Waals surface area contributed by atoms with Crippen LogP contribution in [0.2, 0.25) is 0 Å². The number of benzene rings is 1. The largest absolute Gasteiger partial charge is 0.444 e. The van der Waals surface area contributed by atoms with Gasteiger partial charge in [0.2, 0.25) is 0 Å². The maximum atomic E-state index is 12.4. The number of nitrogens with one attached hydrogen (secondary N) is 2. The van der Waals surface area contributed by atoms with Crippen LogP contribution in [0.15, 0.2) is 43.0 Å². The van der Waals surface area contributed by atoms with E-state index in [0.29, 0.717) is 13.1 Å². The average Bonchev–Trinajstić information content (AvgIpc) is 3.46. The van der Waals surface area contributed by atoms with Crippen LogP contribution in [0, 0.1) is 0 Å². The van der Waals surface area contributed by atoms with Crippen molar-refractivity contribution in [2.24, 2.45) is 0 Å². The second kappa shape index (κ2) is 9.85. The van der Waals surface area contributed by atoms with Crippen LogP contribution in [0.4, 0.5) is 16.3 Å². The summed E-state index contributed by atoms with van der Waals surface area (Å²) in [5, 5.41) is 4.38. The van der Waals surface area contributed by atoms with Gasteiger partial charge in [0, 0.05) is 37.6 Å². The van der Waals surface area contributed by atoms with Crippen molar-refractivity contribution < 1.29 is 9.53 Å². The Hall–Kier alpha value is -3.92. The molecule has 0 atom stereocenters. The molecule has 0 radical (unpaired) electrons. The second-order valence-electron chi connectivity index (χ2n) is 10.6. The van der Waals surface area contributed by atoms with Crippen LogP contribution in [0.25, 0.3) is 27.6 Å². The van der Waals surface area contributed by atoms with E-state index in [1.54, 1.807) is 11.2 Å². The number of hydrogen-bond acceptors (Lipinski definition) is 7. The summed E-state index contributed by atoms with van der Waals surface area (Å²) in [4.78, 5) is 33.2. The fraction of sp³-hybridized carbons (Fsp3) is 0.407. The van der Waals surface area contributed by atoms with Gasteiger partial charge in [0.15, 0.2) is 0 Å². The van der Waals surface area contributed by atoms with Gasteiger partial charge in [-0.1, -0.05) is 6.08 Å². The molecule has 0 unspecified atom stereocenters. The van der Waals surface area contributed by atoms with Crippen LogP contribution in [-0.2, 0) is 11.3 Å². The van der Waals surface area contributed by atoms with E-state index in [4.69, 9.17) is 4.74 Å². The molecule has 10 nitrogen and oxygen atoms in total. The molecular weight excluding hydrogens is 468 g/mol. The Morgan fingerprint density at radius 1 is 1.19 bits per heavy atom. The number of likely N-dealkylation sites (N-methyl/N-ethyl adjacent to an activating group) is 1. The molecule has 0 bridgehead atoms. The first-order chi connectivity index (χ1) is 17.7. The Morgan fingerprint density at radius 3 is 2.76 bits per heavy atom. The monoisotopic (exact) mass is 502 g/mol. The summed E-state index contributed by atoms with van der Waals surface area (Å²) in [5.41, 5.74) is 5.37. The van der Waals surface area contributed by atoms with Crippen LogP contribution < -0.4 is 5.32 Å². The van der Waals surface area contributed by atoms with Crippen LogP contribution in [-0.4, -0.2) is 79.7 Å². The first-order valence-corrected chi connectivity index (χ1v) is 12.5. The number of fused-ring (bicyclic) bond motifs is 2. The van der Waals surface area contributed by atoms with Crippen molar-refractivity contribution in [3.8, 4) is 0 Å². The van der Waals surface area contributed by atoms with Crippen molar-refractivity contribution in [2.45, 2.75) is 39.3 Å². The predicted octanol–water partition coefficient (Wildman–Crippen LogP) is 4.64. The third-order valence-electron chi connectivity index (χ3n) is 6.30. The van der Waals surface area contributed by atoms with Gasteiger partial charge in [-0.2, -0.15) is 0 Å². The number of anilines is 2. The molecule has 1 amide bonds. The quantitative estimate of drug-likeness (QED) is 0.396. The van der Waals surface area contributed by atoms with Gasteiger partial charge in [-0.3, -0.25) is 0 Å². The first kappa shape index (κ1) is 24.8.